The second-order valence-corrected chi connectivity index (χ2v) is 9.68. The van der Waals surface area contributed by atoms with E-state index in [9.17, 15) is 5.11 Å². The molecule has 1 radical (unpaired) electrons. The van der Waals surface area contributed by atoms with Crippen molar-refractivity contribution >= 4 is 0 Å². The molecule has 0 amide bonds. The van der Waals surface area contributed by atoms with Crippen LogP contribution in [0.2, 0.25) is 0 Å². The molecule has 0 atom stereocenters. The maximum atomic E-state index is 10.4. The molecule has 0 aliphatic heterocycles. The molecular formula is C30H41OZr. The maximum absolute atomic E-state index is 10.4. The molecule has 3 aromatic carbocycles. The molecular weight excluding hydrogens is 468 g/mol. The Morgan fingerprint density at radius 1 is 0.625 bits per heavy atom. The van der Waals surface area contributed by atoms with E-state index in [0.29, 0.717) is 5.75 Å². The average molecular weight is 509 g/mol. The summed E-state index contributed by atoms with van der Waals surface area (Å²) in [6.45, 7) is 22.3. The molecule has 0 spiro atoms. The third-order valence-corrected chi connectivity index (χ3v) is 4.56. The van der Waals surface area contributed by atoms with Crippen LogP contribution >= 0.6 is 0 Å². The quantitative estimate of drug-likeness (QED) is 0.302. The monoisotopic (exact) mass is 507 g/mol. The van der Waals surface area contributed by atoms with E-state index >= 15 is 0 Å². The van der Waals surface area contributed by atoms with E-state index in [-0.39, 0.29) is 44.5 Å². The molecule has 0 aromatic heterocycles. The Bertz CT molecular complexity index is 813. The molecule has 3 rings (SSSR count). The Hall–Kier alpha value is -1.92. The van der Waals surface area contributed by atoms with Crippen molar-refractivity contribution in [3.05, 3.63) is 122 Å². The standard InChI is InChI=1S/C15H24O.2C7H7.CH3.Zr/c1-10-8-11(14(2,3)4)13(16)12(9-10)15(5,6)7;2*1-7-5-3-2-4-6-7;;/h8-9,16H,1-7H3;2*2-6H,1H2;1H3;/q;3*-1;+3. The van der Waals surface area contributed by atoms with E-state index in [2.05, 4.69) is 74.4 Å². The number of rotatable bonds is 0. The van der Waals surface area contributed by atoms with Crippen molar-refractivity contribution < 1.29 is 31.3 Å². The summed E-state index contributed by atoms with van der Waals surface area (Å²) in [6.07, 6.45) is 0. The normalized spacial score (nSPS) is 10.2. The van der Waals surface area contributed by atoms with Gasteiger partial charge in [-0.3, -0.25) is 0 Å². The van der Waals surface area contributed by atoms with Crippen molar-refractivity contribution in [3.63, 3.8) is 0 Å². The van der Waals surface area contributed by atoms with Crippen molar-refractivity contribution in [1.29, 1.82) is 0 Å². The van der Waals surface area contributed by atoms with Gasteiger partial charge in [0.05, 0.1) is 0 Å². The summed E-state index contributed by atoms with van der Waals surface area (Å²) in [5.74, 6) is 0.464. The Labute approximate surface area is 217 Å². The minimum absolute atomic E-state index is 0. The van der Waals surface area contributed by atoms with Gasteiger partial charge in [-0.15, -0.1) is 24.3 Å². The van der Waals surface area contributed by atoms with Gasteiger partial charge in [-0.25, -0.2) is 0 Å². The van der Waals surface area contributed by atoms with Gasteiger partial charge in [-0.2, -0.15) is 49.2 Å². The largest absolute Gasteiger partial charge is 3.00 e. The van der Waals surface area contributed by atoms with E-state index in [1.165, 1.54) is 5.56 Å². The Morgan fingerprint density at radius 3 is 1.09 bits per heavy atom. The number of hydrogen-bond donors (Lipinski definition) is 1. The fraction of sp³-hybridized carbons (Fsp3) is 0.300. The number of aryl methyl sites for hydroxylation is 1. The number of phenols is 1. The SMILES string of the molecule is Cc1cc(C(C)(C)C)c(O)c(C(C)(C)C)c1.[CH2-]c1ccccc1.[CH2-]c1ccccc1.[CH3-].[Zr+3]. The third kappa shape index (κ3) is 11.6. The minimum atomic E-state index is -0.0178. The number of phenolic OH excluding ortho intramolecular Hbond substituents is 1. The van der Waals surface area contributed by atoms with Crippen molar-refractivity contribution in [2.24, 2.45) is 0 Å². The molecule has 0 heterocycles. The van der Waals surface area contributed by atoms with Gasteiger partial charge in [-0.1, -0.05) is 71.4 Å². The second-order valence-electron chi connectivity index (χ2n) is 9.68. The van der Waals surface area contributed by atoms with Crippen LogP contribution in [0.5, 0.6) is 5.75 Å². The molecule has 2 heteroatoms. The molecule has 0 saturated carbocycles. The van der Waals surface area contributed by atoms with Gasteiger partial charge >= 0.3 is 26.2 Å². The summed E-state index contributed by atoms with van der Waals surface area (Å²) in [6, 6.07) is 23.9. The smallest absolute Gasteiger partial charge is 0.507 e. The van der Waals surface area contributed by atoms with Gasteiger partial charge in [0, 0.05) is 0 Å². The van der Waals surface area contributed by atoms with Crippen LogP contribution in [0, 0.1) is 28.2 Å². The van der Waals surface area contributed by atoms with E-state index in [1.807, 2.05) is 60.7 Å². The summed E-state index contributed by atoms with van der Waals surface area (Å²) in [5, 5.41) is 10.4. The first-order valence-electron chi connectivity index (χ1n) is 10.4. The first kappa shape index (κ1) is 32.3. The van der Waals surface area contributed by atoms with Crippen LogP contribution in [0.3, 0.4) is 0 Å². The molecule has 171 valence electrons. The predicted molar refractivity (Wildman–Crippen MR) is 138 cm³/mol. The third-order valence-electron chi connectivity index (χ3n) is 4.56. The van der Waals surface area contributed by atoms with Gasteiger partial charge < -0.3 is 12.5 Å². The summed E-state index contributed by atoms with van der Waals surface area (Å²) in [5.41, 5.74) is 5.40. The second kappa shape index (κ2) is 14.3. The summed E-state index contributed by atoms with van der Waals surface area (Å²) in [7, 11) is 0. The number of benzene rings is 3. The first-order valence-corrected chi connectivity index (χ1v) is 10.4. The van der Waals surface area contributed by atoms with E-state index in [4.69, 9.17) is 0 Å². The van der Waals surface area contributed by atoms with Gasteiger partial charge in [0.2, 0.25) is 0 Å². The molecule has 0 aliphatic rings. The van der Waals surface area contributed by atoms with Crippen LogP contribution < -0.4 is 0 Å². The zero-order valence-electron chi connectivity index (χ0n) is 21.3. The minimum Gasteiger partial charge on any atom is -0.507 e. The van der Waals surface area contributed by atoms with E-state index < -0.39 is 0 Å². The fourth-order valence-corrected chi connectivity index (χ4v) is 2.88. The van der Waals surface area contributed by atoms with Crippen molar-refractivity contribution in [2.75, 3.05) is 0 Å². The topological polar surface area (TPSA) is 20.2 Å². The maximum Gasteiger partial charge on any atom is 3.00 e. The first-order chi connectivity index (χ1) is 13.8. The fourth-order valence-electron chi connectivity index (χ4n) is 2.88. The molecule has 3 aromatic rings. The Balaban J connectivity index is 0. The number of aromatic hydroxyl groups is 1. The molecule has 1 N–H and O–H groups in total. The van der Waals surface area contributed by atoms with Crippen LogP contribution in [0.25, 0.3) is 0 Å². The summed E-state index contributed by atoms with van der Waals surface area (Å²) >= 11 is 0. The van der Waals surface area contributed by atoms with Crippen LogP contribution in [0.4, 0.5) is 0 Å². The molecule has 1 nitrogen and oxygen atoms in total. The molecule has 0 fully saturated rings. The van der Waals surface area contributed by atoms with Crippen LogP contribution in [-0.2, 0) is 37.0 Å². The molecule has 32 heavy (non-hydrogen) atoms. The van der Waals surface area contributed by atoms with Crippen molar-refractivity contribution in [3.8, 4) is 5.75 Å². The number of hydrogen-bond acceptors (Lipinski definition) is 1. The molecule has 0 aliphatic carbocycles. The van der Waals surface area contributed by atoms with Crippen LogP contribution in [0.15, 0.2) is 72.8 Å². The van der Waals surface area contributed by atoms with Gasteiger partial charge in [0.25, 0.3) is 0 Å². The molecule has 0 unspecified atom stereocenters. The van der Waals surface area contributed by atoms with E-state index in [1.54, 1.807) is 0 Å². The average Bonchev–Trinajstić information content (AvgIpc) is 2.64. The van der Waals surface area contributed by atoms with E-state index in [0.717, 1.165) is 22.3 Å². The van der Waals surface area contributed by atoms with Crippen molar-refractivity contribution in [2.45, 2.75) is 59.3 Å². The zero-order chi connectivity index (χ0) is 22.9. The van der Waals surface area contributed by atoms with Crippen LogP contribution in [0.1, 0.15) is 69.4 Å². The van der Waals surface area contributed by atoms with Gasteiger partial charge in [0.15, 0.2) is 0 Å². The molecule has 0 saturated heterocycles. The predicted octanol–water partition coefficient (Wildman–Crippen LogP) is 8.48. The Kier molecular flexibility index (Phi) is 14.4. The summed E-state index contributed by atoms with van der Waals surface area (Å²) in [4.78, 5) is 0. The summed E-state index contributed by atoms with van der Waals surface area (Å²) < 4.78 is 0. The zero-order valence-corrected chi connectivity index (χ0v) is 23.7. The Morgan fingerprint density at radius 2 is 0.906 bits per heavy atom. The molecule has 0 bridgehead atoms. The van der Waals surface area contributed by atoms with Crippen molar-refractivity contribution in [1.82, 2.24) is 0 Å². The van der Waals surface area contributed by atoms with Gasteiger partial charge in [-0.05, 0) is 28.9 Å². The van der Waals surface area contributed by atoms with Crippen LogP contribution in [-0.4, -0.2) is 5.11 Å². The van der Waals surface area contributed by atoms with Gasteiger partial charge in [0.1, 0.15) is 5.75 Å².